The van der Waals surface area contributed by atoms with Crippen LogP contribution >= 0.6 is 0 Å². The van der Waals surface area contributed by atoms with Crippen molar-refractivity contribution < 1.29 is 14.3 Å². The molecule has 0 aromatic carbocycles. The summed E-state index contributed by atoms with van der Waals surface area (Å²) in [6.07, 6.45) is 3.21. The molecule has 0 saturated heterocycles. The second-order valence-corrected chi connectivity index (χ2v) is 4.87. The van der Waals surface area contributed by atoms with E-state index in [-0.39, 0.29) is 12.3 Å². The maximum Gasteiger partial charge on any atom is 0.360 e. The van der Waals surface area contributed by atoms with Crippen molar-refractivity contribution in [1.82, 2.24) is 19.4 Å². The SMILES string of the molecule is CCOC(=O)c1ncn2c(C)cc(-c3cc(OC)ccn3)nc12. The molecule has 0 spiro atoms. The average Bonchev–Trinajstić information content (AvgIpc) is 2.99. The van der Waals surface area contributed by atoms with E-state index in [1.807, 2.05) is 13.0 Å². The van der Waals surface area contributed by atoms with E-state index in [1.54, 1.807) is 43.1 Å². The number of carbonyl (C=O) groups is 1. The number of imidazole rings is 1. The Hall–Kier alpha value is -2.96. The molecule has 0 saturated carbocycles. The fraction of sp³-hybridized carbons (Fsp3) is 0.250. The summed E-state index contributed by atoms with van der Waals surface area (Å²) in [5, 5.41) is 0. The van der Waals surface area contributed by atoms with Crippen LogP contribution in [0.2, 0.25) is 0 Å². The number of aryl methyl sites for hydroxylation is 1. The molecule has 0 atom stereocenters. The molecule has 0 amide bonds. The van der Waals surface area contributed by atoms with Crippen LogP contribution in [-0.4, -0.2) is 39.0 Å². The van der Waals surface area contributed by atoms with Crippen LogP contribution in [0, 0.1) is 6.92 Å². The maximum atomic E-state index is 12.0. The third kappa shape index (κ3) is 2.73. The lowest BCUT2D eigenvalue weighted by molar-refractivity contribution is 0.0522. The number of hydrogen-bond acceptors (Lipinski definition) is 6. The highest BCUT2D eigenvalue weighted by atomic mass is 16.5. The van der Waals surface area contributed by atoms with E-state index in [9.17, 15) is 4.79 Å². The molecule has 0 unspecified atom stereocenters. The summed E-state index contributed by atoms with van der Waals surface area (Å²) in [7, 11) is 1.59. The highest BCUT2D eigenvalue weighted by molar-refractivity contribution is 5.94. The largest absolute Gasteiger partial charge is 0.497 e. The normalized spacial score (nSPS) is 10.7. The van der Waals surface area contributed by atoms with Gasteiger partial charge in [-0.25, -0.2) is 14.8 Å². The van der Waals surface area contributed by atoms with Crippen LogP contribution in [0.15, 0.2) is 30.7 Å². The average molecular weight is 312 g/mol. The van der Waals surface area contributed by atoms with Gasteiger partial charge in [0.15, 0.2) is 11.3 Å². The van der Waals surface area contributed by atoms with E-state index in [2.05, 4.69) is 15.0 Å². The predicted octanol–water partition coefficient (Wildman–Crippen LogP) is 2.29. The second kappa shape index (κ2) is 6.04. The summed E-state index contributed by atoms with van der Waals surface area (Å²) in [5.74, 6) is 0.200. The zero-order chi connectivity index (χ0) is 16.4. The molecule has 0 aliphatic carbocycles. The van der Waals surface area contributed by atoms with Crippen molar-refractivity contribution in [1.29, 1.82) is 0 Å². The van der Waals surface area contributed by atoms with Gasteiger partial charge in [0, 0.05) is 18.0 Å². The van der Waals surface area contributed by atoms with Crippen molar-refractivity contribution in [3.05, 3.63) is 42.1 Å². The molecule has 3 rings (SSSR count). The minimum Gasteiger partial charge on any atom is -0.497 e. The molecule has 3 heterocycles. The minimum atomic E-state index is -0.488. The van der Waals surface area contributed by atoms with Crippen LogP contribution in [-0.2, 0) is 4.74 Å². The quantitative estimate of drug-likeness (QED) is 0.688. The number of nitrogens with zero attached hydrogens (tertiary/aromatic N) is 4. The Balaban J connectivity index is 2.15. The Morgan fingerprint density at radius 3 is 2.83 bits per heavy atom. The number of hydrogen-bond donors (Lipinski definition) is 0. The zero-order valence-corrected chi connectivity index (χ0v) is 13.1. The molecule has 7 nitrogen and oxygen atoms in total. The molecule has 23 heavy (non-hydrogen) atoms. The van der Waals surface area contributed by atoms with E-state index >= 15 is 0 Å². The minimum absolute atomic E-state index is 0.194. The van der Waals surface area contributed by atoms with Gasteiger partial charge in [0.1, 0.15) is 12.1 Å². The Bertz CT molecular complexity index is 873. The van der Waals surface area contributed by atoms with Gasteiger partial charge in [-0.1, -0.05) is 0 Å². The topological polar surface area (TPSA) is 78.6 Å². The van der Waals surface area contributed by atoms with Crippen LogP contribution < -0.4 is 4.74 Å². The molecule has 3 aromatic heterocycles. The molecule has 118 valence electrons. The van der Waals surface area contributed by atoms with Crippen molar-refractivity contribution in [2.24, 2.45) is 0 Å². The molecule has 0 aliphatic rings. The summed E-state index contributed by atoms with van der Waals surface area (Å²) >= 11 is 0. The fourth-order valence-corrected chi connectivity index (χ4v) is 2.27. The van der Waals surface area contributed by atoms with Crippen molar-refractivity contribution in [3.8, 4) is 17.1 Å². The first kappa shape index (κ1) is 15.0. The van der Waals surface area contributed by atoms with Gasteiger partial charge in [0.2, 0.25) is 0 Å². The lowest BCUT2D eigenvalue weighted by Gasteiger charge is -2.07. The Kier molecular flexibility index (Phi) is 3.92. The molecule has 7 heteroatoms. The van der Waals surface area contributed by atoms with E-state index < -0.39 is 5.97 Å². The Morgan fingerprint density at radius 1 is 1.26 bits per heavy atom. The number of aromatic nitrogens is 4. The summed E-state index contributed by atoms with van der Waals surface area (Å²) in [6.45, 7) is 3.95. The summed E-state index contributed by atoms with van der Waals surface area (Å²) in [5.41, 5.74) is 2.83. The van der Waals surface area contributed by atoms with Crippen molar-refractivity contribution >= 4 is 11.6 Å². The van der Waals surface area contributed by atoms with Gasteiger partial charge in [-0.3, -0.25) is 9.38 Å². The van der Waals surface area contributed by atoms with E-state index in [1.165, 1.54) is 0 Å². The second-order valence-electron chi connectivity index (χ2n) is 4.87. The fourth-order valence-electron chi connectivity index (χ4n) is 2.27. The molecule has 0 bridgehead atoms. The van der Waals surface area contributed by atoms with E-state index in [4.69, 9.17) is 9.47 Å². The monoisotopic (exact) mass is 312 g/mol. The highest BCUT2D eigenvalue weighted by Gasteiger charge is 2.18. The number of methoxy groups -OCH3 is 1. The van der Waals surface area contributed by atoms with Gasteiger partial charge >= 0.3 is 5.97 Å². The number of carbonyl (C=O) groups excluding carboxylic acids is 1. The molecular weight excluding hydrogens is 296 g/mol. The lowest BCUT2D eigenvalue weighted by Crippen LogP contribution is -2.07. The molecule has 0 radical (unpaired) electrons. The van der Waals surface area contributed by atoms with Crippen LogP contribution in [0.3, 0.4) is 0 Å². The first-order valence-electron chi connectivity index (χ1n) is 7.16. The van der Waals surface area contributed by atoms with Crippen LogP contribution in [0.25, 0.3) is 17.0 Å². The van der Waals surface area contributed by atoms with Gasteiger partial charge in [-0.05, 0) is 26.0 Å². The standard InChI is InChI=1S/C16H16N4O3/c1-4-23-16(21)14-15-19-13(7-10(2)20(15)9-18-14)12-8-11(22-3)5-6-17-12/h5-9H,4H2,1-3H3. The molecule has 3 aromatic rings. The van der Waals surface area contributed by atoms with Gasteiger partial charge in [-0.2, -0.15) is 0 Å². The Labute approximate surface area is 132 Å². The molecule has 0 N–H and O–H groups in total. The number of rotatable bonds is 4. The maximum absolute atomic E-state index is 12.0. The first-order chi connectivity index (χ1) is 11.1. The predicted molar refractivity (Wildman–Crippen MR) is 83.5 cm³/mol. The van der Waals surface area contributed by atoms with Crippen LogP contribution in [0.1, 0.15) is 23.1 Å². The summed E-state index contributed by atoms with van der Waals surface area (Å²) < 4.78 is 12.0. The van der Waals surface area contributed by atoms with Crippen molar-refractivity contribution in [2.45, 2.75) is 13.8 Å². The molecule has 0 aliphatic heterocycles. The van der Waals surface area contributed by atoms with Gasteiger partial charge < -0.3 is 9.47 Å². The van der Waals surface area contributed by atoms with Crippen molar-refractivity contribution in [3.63, 3.8) is 0 Å². The number of fused-ring (bicyclic) bond motifs is 1. The first-order valence-corrected chi connectivity index (χ1v) is 7.16. The van der Waals surface area contributed by atoms with Gasteiger partial charge in [0.05, 0.1) is 25.1 Å². The van der Waals surface area contributed by atoms with Crippen LogP contribution in [0.5, 0.6) is 5.75 Å². The smallest absolute Gasteiger partial charge is 0.360 e. The third-order valence-corrected chi connectivity index (χ3v) is 3.39. The zero-order valence-electron chi connectivity index (χ0n) is 13.1. The molecule has 0 fully saturated rings. The van der Waals surface area contributed by atoms with Crippen LogP contribution in [0.4, 0.5) is 0 Å². The number of esters is 1. The van der Waals surface area contributed by atoms with E-state index in [0.717, 1.165) is 5.69 Å². The molecular formula is C16H16N4O3. The van der Waals surface area contributed by atoms with Crippen molar-refractivity contribution in [2.75, 3.05) is 13.7 Å². The highest BCUT2D eigenvalue weighted by Crippen LogP contribution is 2.22. The van der Waals surface area contributed by atoms with Gasteiger partial charge in [0.25, 0.3) is 0 Å². The third-order valence-electron chi connectivity index (χ3n) is 3.39. The summed E-state index contributed by atoms with van der Waals surface area (Å²) in [6, 6.07) is 5.43. The van der Waals surface area contributed by atoms with Gasteiger partial charge in [-0.15, -0.1) is 0 Å². The number of pyridine rings is 1. The van der Waals surface area contributed by atoms with E-state index in [0.29, 0.717) is 22.8 Å². The lowest BCUT2D eigenvalue weighted by atomic mass is 10.2. The number of ether oxygens (including phenoxy) is 2. The summed E-state index contributed by atoms with van der Waals surface area (Å²) in [4.78, 5) is 25.0. The Morgan fingerprint density at radius 2 is 2.09 bits per heavy atom.